The van der Waals surface area contributed by atoms with Crippen molar-refractivity contribution in [3.05, 3.63) is 30.5 Å². The Morgan fingerprint density at radius 3 is 3.00 bits per heavy atom. The molecule has 1 aromatic carbocycles. The summed E-state index contributed by atoms with van der Waals surface area (Å²) in [6, 6.07) is 7.90. The van der Waals surface area contributed by atoms with Crippen molar-refractivity contribution in [1.82, 2.24) is 4.98 Å². The number of hydrogen-bond donors (Lipinski definition) is 2. The number of pyridine rings is 1. The highest BCUT2D eigenvalue weighted by molar-refractivity contribution is 5.92. The highest BCUT2D eigenvalue weighted by Crippen LogP contribution is 2.25. The van der Waals surface area contributed by atoms with Crippen molar-refractivity contribution in [2.24, 2.45) is 5.73 Å². The summed E-state index contributed by atoms with van der Waals surface area (Å²) in [5.74, 6) is 1.68. The molecule has 0 spiro atoms. The Bertz CT molecular complexity index is 485. The first-order valence-corrected chi connectivity index (χ1v) is 5.22. The molecule has 3 N–H and O–H groups in total. The van der Waals surface area contributed by atoms with Gasteiger partial charge in [0.1, 0.15) is 11.6 Å². The average molecular weight is 217 g/mol. The van der Waals surface area contributed by atoms with Crippen molar-refractivity contribution in [2.45, 2.75) is 0 Å². The van der Waals surface area contributed by atoms with Gasteiger partial charge < -0.3 is 15.8 Å². The fourth-order valence-corrected chi connectivity index (χ4v) is 1.61. The predicted molar refractivity (Wildman–Crippen MR) is 65.8 cm³/mol. The van der Waals surface area contributed by atoms with Crippen molar-refractivity contribution < 1.29 is 4.74 Å². The van der Waals surface area contributed by atoms with Crippen LogP contribution in [0.5, 0.6) is 5.75 Å². The van der Waals surface area contributed by atoms with E-state index in [0.717, 1.165) is 22.3 Å². The van der Waals surface area contributed by atoms with Crippen LogP contribution in [0.4, 0.5) is 5.82 Å². The summed E-state index contributed by atoms with van der Waals surface area (Å²) in [6.45, 7) is 1.30. The molecular formula is C12H15N3O. The number of hydrogen-bond acceptors (Lipinski definition) is 4. The van der Waals surface area contributed by atoms with Crippen LogP contribution in [-0.4, -0.2) is 25.2 Å². The Balaban J connectivity index is 2.46. The van der Waals surface area contributed by atoms with Crippen LogP contribution in [0.2, 0.25) is 0 Å². The van der Waals surface area contributed by atoms with Crippen LogP contribution in [0.25, 0.3) is 10.8 Å². The summed E-state index contributed by atoms with van der Waals surface area (Å²) in [5.41, 5.74) is 5.46. The molecular weight excluding hydrogens is 202 g/mol. The molecule has 0 saturated heterocycles. The molecule has 0 aliphatic carbocycles. The molecule has 0 aliphatic rings. The lowest BCUT2D eigenvalue weighted by Crippen LogP contribution is -2.14. The SMILES string of the molecule is COc1ccc2ccnc(NCCN)c2c1. The van der Waals surface area contributed by atoms with Crippen molar-refractivity contribution >= 4 is 16.6 Å². The highest BCUT2D eigenvalue weighted by atomic mass is 16.5. The van der Waals surface area contributed by atoms with Gasteiger partial charge in [-0.05, 0) is 23.6 Å². The summed E-state index contributed by atoms with van der Waals surface area (Å²) in [5, 5.41) is 5.38. The first-order chi connectivity index (χ1) is 7.85. The fourth-order valence-electron chi connectivity index (χ4n) is 1.61. The third-order valence-corrected chi connectivity index (χ3v) is 2.41. The zero-order chi connectivity index (χ0) is 11.4. The molecule has 84 valence electrons. The van der Waals surface area contributed by atoms with Crippen LogP contribution in [0.1, 0.15) is 0 Å². The maximum Gasteiger partial charge on any atom is 0.133 e. The number of ether oxygens (including phenoxy) is 1. The van der Waals surface area contributed by atoms with E-state index >= 15 is 0 Å². The quantitative estimate of drug-likeness (QED) is 0.817. The highest BCUT2D eigenvalue weighted by Gasteiger charge is 2.02. The standard InChI is InChI=1S/C12H15N3O/c1-16-10-3-2-9-4-6-14-12(11(9)8-10)15-7-5-13/h2-4,6,8H,5,7,13H2,1H3,(H,14,15). The Hall–Kier alpha value is -1.81. The predicted octanol–water partition coefficient (Wildman–Crippen LogP) is 1.61. The second-order valence-corrected chi connectivity index (χ2v) is 3.46. The number of nitrogens with two attached hydrogens (primary N) is 1. The normalized spacial score (nSPS) is 10.4. The number of benzene rings is 1. The van der Waals surface area contributed by atoms with Gasteiger partial charge >= 0.3 is 0 Å². The zero-order valence-electron chi connectivity index (χ0n) is 9.23. The molecule has 0 bridgehead atoms. The topological polar surface area (TPSA) is 60.2 Å². The van der Waals surface area contributed by atoms with Crippen LogP contribution in [0, 0.1) is 0 Å². The second-order valence-electron chi connectivity index (χ2n) is 3.46. The molecule has 0 radical (unpaired) electrons. The van der Waals surface area contributed by atoms with E-state index in [-0.39, 0.29) is 0 Å². The van der Waals surface area contributed by atoms with Gasteiger partial charge in [0.25, 0.3) is 0 Å². The molecule has 16 heavy (non-hydrogen) atoms. The average Bonchev–Trinajstić information content (AvgIpc) is 2.35. The van der Waals surface area contributed by atoms with E-state index in [0.29, 0.717) is 13.1 Å². The molecule has 4 heteroatoms. The maximum absolute atomic E-state index is 5.46. The molecule has 2 rings (SSSR count). The molecule has 2 aromatic rings. The molecule has 1 aromatic heterocycles. The number of fused-ring (bicyclic) bond motifs is 1. The lowest BCUT2D eigenvalue weighted by atomic mass is 10.1. The van der Waals surface area contributed by atoms with E-state index in [9.17, 15) is 0 Å². The molecule has 0 atom stereocenters. The van der Waals surface area contributed by atoms with Crippen LogP contribution in [-0.2, 0) is 0 Å². The van der Waals surface area contributed by atoms with Crippen LogP contribution >= 0.6 is 0 Å². The Morgan fingerprint density at radius 1 is 1.38 bits per heavy atom. The van der Waals surface area contributed by atoms with Gasteiger partial charge in [-0.2, -0.15) is 0 Å². The van der Waals surface area contributed by atoms with Crippen molar-refractivity contribution in [1.29, 1.82) is 0 Å². The molecule has 0 unspecified atom stereocenters. The van der Waals surface area contributed by atoms with Gasteiger partial charge in [0.2, 0.25) is 0 Å². The van der Waals surface area contributed by atoms with Gasteiger partial charge in [-0.25, -0.2) is 4.98 Å². The number of nitrogens with zero attached hydrogens (tertiary/aromatic N) is 1. The Morgan fingerprint density at radius 2 is 2.25 bits per heavy atom. The van der Waals surface area contributed by atoms with Gasteiger partial charge in [0.15, 0.2) is 0 Å². The largest absolute Gasteiger partial charge is 0.497 e. The molecule has 1 heterocycles. The van der Waals surface area contributed by atoms with E-state index in [4.69, 9.17) is 10.5 Å². The van der Waals surface area contributed by atoms with E-state index in [1.807, 2.05) is 24.3 Å². The van der Waals surface area contributed by atoms with Crippen molar-refractivity contribution in [3.8, 4) is 5.75 Å². The Kier molecular flexibility index (Phi) is 3.22. The number of aromatic nitrogens is 1. The van der Waals surface area contributed by atoms with Crippen LogP contribution in [0.3, 0.4) is 0 Å². The summed E-state index contributed by atoms with van der Waals surface area (Å²) >= 11 is 0. The van der Waals surface area contributed by atoms with E-state index in [1.54, 1.807) is 13.3 Å². The minimum absolute atomic E-state index is 0.585. The van der Waals surface area contributed by atoms with Gasteiger partial charge in [-0.3, -0.25) is 0 Å². The lowest BCUT2D eigenvalue weighted by Gasteiger charge is -2.08. The van der Waals surface area contributed by atoms with Gasteiger partial charge in [0.05, 0.1) is 7.11 Å². The minimum atomic E-state index is 0.585. The summed E-state index contributed by atoms with van der Waals surface area (Å²) in [6.07, 6.45) is 1.79. The van der Waals surface area contributed by atoms with Crippen molar-refractivity contribution in [3.63, 3.8) is 0 Å². The second kappa shape index (κ2) is 4.81. The number of methoxy groups -OCH3 is 1. The maximum atomic E-state index is 5.46. The first kappa shape index (κ1) is 10.7. The number of anilines is 1. The monoisotopic (exact) mass is 217 g/mol. The Labute approximate surface area is 94.4 Å². The molecule has 0 amide bonds. The first-order valence-electron chi connectivity index (χ1n) is 5.22. The van der Waals surface area contributed by atoms with Crippen LogP contribution < -0.4 is 15.8 Å². The summed E-state index contributed by atoms with van der Waals surface area (Å²) < 4.78 is 5.20. The summed E-state index contributed by atoms with van der Waals surface area (Å²) in [7, 11) is 1.66. The lowest BCUT2D eigenvalue weighted by molar-refractivity contribution is 0.415. The number of rotatable bonds is 4. The summed E-state index contributed by atoms with van der Waals surface area (Å²) in [4.78, 5) is 4.30. The van der Waals surface area contributed by atoms with Gasteiger partial charge in [-0.1, -0.05) is 6.07 Å². The minimum Gasteiger partial charge on any atom is -0.497 e. The van der Waals surface area contributed by atoms with Crippen molar-refractivity contribution in [2.75, 3.05) is 25.5 Å². The number of nitrogens with one attached hydrogen (secondary N) is 1. The smallest absolute Gasteiger partial charge is 0.133 e. The van der Waals surface area contributed by atoms with Gasteiger partial charge in [-0.15, -0.1) is 0 Å². The molecule has 0 fully saturated rings. The van der Waals surface area contributed by atoms with E-state index in [1.165, 1.54) is 0 Å². The van der Waals surface area contributed by atoms with Gasteiger partial charge in [0, 0.05) is 24.7 Å². The van der Waals surface area contributed by atoms with E-state index < -0.39 is 0 Å². The zero-order valence-corrected chi connectivity index (χ0v) is 9.23. The third kappa shape index (κ3) is 2.06. The van der Waals surface area contributed by atoms with E-state index in [2.05, 4.69) is 10.3 Å². The third-order valence-electron chi connectivity index (χ3n) is 2.41. The van der Waals surface area contributed by atoms with Crippen LogP contribution in [0.15, 0.2) is 30.5 Å². The molecule has 0 saturated carbocycles. The molecule has 4 nitrogen and oxygen atoms in total. The fraction of sp³-hybridized carbons (Fsp3) is 0.250. The molecule has 0 aliphatic heterocycles.